The van der Waals surface area contributed by atoms with Crippen molar-refractivity contribution in [2.45, 2.75) is 87.4 Å². The molecular weight excluding hydrogens is 947 g/mol. The molecule has 6 rings (SSSR count). The fraction of sp³-hybridized carbons (Fsp3) is 0.327. The molecule has 6 nitrogen and oxygen atoms in total. The number of nitrogens with zero attached hydrogens (tertiary/aromatic N) is 2. The summed E-state index contributed by atoms with van der Waals surface area (Å²) < 4.78 is 0. The molecular formula is C52H72Cl2N4O2P2Ru. The molecule has 2 atom stereocenters. The van der Waals surface area contributed by atoms with Crippen molar-refractivity contribution in [2.75, 3.05) is 0 Å². The second kappa shape index (κ2) is 39.0. The Morgan fingerprint density at radius 3 is 1.17 bits per heavy atom. The van der Waals surface area contributed by atoms with E-state index in [9.17, 15) is 4.79 Å². The summed E-state index contributed by atoms with van der Waals surface area (Å²) >= 11 is -0.346. The van der Waals surface area contributed by atoms with E-state index >= 15 is 0 Å². The van der Waals surface area contributed by atoms with Gasteiger partial charge in [0.25, 0.3) is 5.91 Å². The zero-order chi connectivity index (χ0) is 47.3. The van der Waals surface area contributed by atoms with Crippen LogP contribution in [0.2, 0.25) is 0 Å². The molecule has 2 unspecified atom stereocenters. The van der Waals surface area contributed by atoms with Gasteiger partial charge in [-0.3, -0.25) is 14.8 Å². The van der Waals surface area contributed by atoms with Crippen LogP contribution in [0.5, 0.6) is 0 Å². The Bertz CT molecular complexity index is 1850. The summed E-state index contributed by atoms with van der Waals surface area (Å²) in [6.45, 7) is 19.3. The predicted octanol–water partition coefficient (Wildman–Crippen LogP) is 13.8. The van der Waals surface area contributed by atoms with E-state index in [2.05, 4.69) is 89.2 Å². The predicted molar refractivity (Wildman–Crippen MR) is 276 cm³/mol. The van der Waals surface area contributed by atoms with E-state index < -0.39 is 0 Å². The van der Waals surface area contributed by atoms with Crippen LogP contribution >= 0.6 is 37.9 Å². The molecule has 0 radical (unpaired) electrons. The van der Waals surface area contributed by atoms with Crippen LogP contribution in [0.15, 0.2) is 158 Å². The zero-order valence-corrected chi connectivity index (χ0v) is 44.0. The molecule has 4 aromatic carbocycles. The van der Waals surface area contributed by atoms with Crippen LogP contribution in [0, 0.1) is 23.7 Å². The zero-order valence-electron chi connectivity index (χ0n) is 38.4. The number of nitrogens with two attached hydrogens (primary N) is 1. The van der Waals surface area contributed by atoms with E-state index in [-0.39, 0.29) is 27.7 Å². The number of rotatable bonds is 10. The molecule has 6 aromatic rings. The molecule has 0 spiro atoms. The second-order valence-electron chi connectivity index (χ2n) is 15.3. The maximum absolute atomic E-state index is 11.7. The molecule has 0 aliphatic carbocycles. The van der Waals surface area contributed by atoms with Crippen molar-refractivity contribution in [2.24, 2.45) is 29.4 Å². The first-order valence-corrected chi connectivity index (χ1v) is 27.3. The first-order valence-electron chi connectivity index (χ1n) is 21.2. The van der Waals surface area contributed by atoms with E-state index in [1.54, 1.807) is 12.1 Å². The van der Waals surface area contributed by atoms with Gasteiger partial charge in [0.1, 0.15) is 0 Å². The minimum atomic E-state index is -0.346. The summed E-state index contributed by atoms with van der Waals surface area (Å²) in [5.74, 6) is 3.37. The molecule has 0 saturated heterocycles. The summed E-state index contributed by atoms with van der Waals surface area (Å²) in [7, 11) is 15.1. The standard InChI is InChI=1S/C14H13NO.C12H14N2P2.C7H9N.C7H8O.2C6H14.2ClH.Ru/c16-14(13-9-5-2-6-10-13)15-11-12-7-3-1-4-8-12;15-7-9-3-1-5-11(13-9)12-6-2-4-10(8-16)14-12;2*8-6-7-4-2-1-3-5-7;2*1-5(2)6(3)4;;;/h1-10H,11H2,(H,15,16);1-6H,7-8,15-16H2;1-5H,6,8H2;1-5,8H,6H2;2*5-6H,1-4H3;2*1H;/q;;;;;;;;+2/p-2. The summed E-state index contributed by atoms with van der Waals surface area (Å²) in [5, 5.41) is 11.4. The van der Waals surface area contributed by atoms with E-state index in [4.69, 9.17) is 30.2 Å². The Hall–Kier alpha value is -3.37. The number of pyridine rings is 2. The number of aromatic nitrogens is 2. The number of amides is 1. The molecule has 0 bridgehead atoms. The van der Waals surface area contributed by atoms with Gasteiger partial charge in [-0.05, 0) is 76.8 Å². The van der Waals surface area contributed by atoms with Crippen LogP contribution in [0.3, 0.4) is 0 Å². The molecule has 0 aliphatic heterocycles. The van der Waals surface area contributed by atoms with Gasteiger partial charge in [-0.1, -0.05) is 177 Å². The Labute approximate surface area is 401 Å². The summed E-state index contributed by atoms with van der Waals surface area (Å²) in [5.41, 5.74) is 13.3. The van der Waals surface area contributed by atoms with E-state index in [1.807, 2.05) is 146 Å². The maximum atomic E-state index is 11.7. The molecule has 0 saturated carbocycles. The van der Waals surface area contributed by atoms with Gasteiger partial charge in [-0.15, -0.1) is 18.5 Å². The normalized spacial score (nSPS) is 9.87. The molecule has 2 aromatic heterocycles. The Morgan fingerprint density at radius 1 is 0.556 bits per heavy atom. The van der Waals surface area contributed by atoms with Crippen molar-refractivity contribution in [3.63, 3.8) is 0 Å². The number of benzene rings is 4. The van der Waals surface area contributed by atoms with Crippen LogP contribution in [0.4, 0.5) is 0 Å². The average Bonchev–Trinajstić information content (AvgIpc) is 3.33. The van der Waals surface area contributed by atoms with Gasteiger partial charge in [-0.25, -0.2) is 0 Å². The van der Waals surface area contributed by atoms with Gasteiger partial charge in [0.2, 0.25) is 0 Å². The third kappa shape index (κ3) is 31.2. The third-order valence-corrected chi connectivity index (χ3v) is 10.2. The quantitative estimate of drug-likeness (QED) is 0.0937. The van der Waals surface area contributed by atoms with Crippen molar-refractivity contribution in [1.29, 1.82) is 0 Å². The summed E-state index contributed by atoms with van der Waals surface area (Å²) in [6.07, 6.45) is 1.74. The Balaban J connectivity index is 0.000000758. The number of aliphatic hydroxyl groups excluding tert-OH is 1. The SMILES string of the molecule is CC(C)C(C)C.CC(C)C(C)C.NCc1ccccc1.O=C(NCc1ccccc1)c1ccccc1.OCc1ccccc1.PCc1cccc(-c2cccc(CP)n2)n1.[Cl][Ru][Cl]. The van der Waals surface area contributed by atoms with Crippen LogP contribution in [0.1, 0.15) is 93.8 Å². The molecule has 4 N–H and O–H groups in total. The van der Waals surface area contributed by atoms with Crippen molar-refractivity contribution in [3.8, 4) is 11.4 Å². The number of hydrogen-bond acceptors (Lipinski definition) is 5. The van der Waals surface area contributed by atoms with Gasteiger partial charge in [0.15, 0.2) is 0 Å². The number of halogens is 2. The topological polar surface area (TPSA) is 101 Å². The van der Waals surface area contributed by atoms with Crippen molar-refractivity contribution in [3.05, 3.63) is 191 Å². The van der Waals surface area contributed by atoms with Crippen molar-refractivity contribution in [1.82, 2.24) is 15.3 Å². The number of aliphatic hydroxyl groups is 1. The third-order valence-electron chi connectivity index (χ3n) is 9.40. The first kappa shape index (κ1) is 59.6. The van der Waals surface area contributed by atoms with Gasteiger partial charge in [-0.2, -0.15) is 0 Å². The molecule has 63 heavy (non-hydrogen) atoms. The van der Waals surface area contributed by atoms with E-state index in [1.165, 1.54) is 5.56 Å². The van der Waals surface area contributed by atoms with Gasteiger partial charge < -0.3 is 16.2 Å². The second-order valence-corrected chi connectivity index (χ2v) is 18.8. The molecule has 0 aliphatic rings. The number of carbonyl (C=O) groups excluding carboxylic acids is 1. The van der Waals surface area contributed by atoms with Crippen LogP contribution in [-0.4, -0.2) is 21.0 Å². The van der Waals surface area contributed by atoms with E-state index in [0.717, 1.165) is 69.9 Å². The fourth-order valence-corrected chi connectivity index (χ4v) is 4.59. The van der Waals surface area contributed by atoms with Crippen molar-refractivity contribution < 1.29 is 25.0 Å². The van der Waals surface area contributed by atoms with Crippen molar-refractivity contribution >= 4 is 43.8 Å². The van der Waals surface area contributed by atoms with Gasteiger partial charge >= 0.3 is 34.5 Å². The summed E-state index contributed by atoms with van der Waals surface area (Å²) in [6, 6.07) is 50.7. The molecule has 1 amide bonds. The first-order chi connectivity index (χ1) is 30.3. The van der Waals surface area contributed by atoms with Crippen LogP contribution in [0.25, 0.3) is 11.4 Å². The Morgan fingerprint density at radius 2 is 0.889 bits per heavy atom. The average molecular weight is 1020 g/mol. The number of nitrogens with one attached hydrogen (secondary N) is 1. The molecule has 0 fully saturated rings. The fourth-order valence-electron chi connectivity index (χ4n) is 4.14. The van der Waals surface area contributed by atoms with E-state index in [0.29, 0.717) is 18.7 Å². The number of hydrogen-bond donors (Lipinski definition) is 3. The monoisotopic (exact) mass is 1020 g/mol. The summed E-state index contributed by atoms with van der Waals surface area (Å²) in [4.78, 5) is 20.8. The van der Waals surface area contributed by atoms with Gasteiger partial charge in [0.05, 0.1) is 18.0 Å². The minimum absolute atomic E-state index is 0.0375. The molecule has 11 heteroatoms. The molecule has 344 valence electrons. The van der Waals surface area contributed by atoms with Crippen LogP contribution < -0.4 is 11.1 Å². The number of carbonyl (C=O) groups is 1. The van der Waals surface area contributed by atoms with Gasteiger partial charge in [0, 0.05) is 42.4 Å². The molecule has 2 heterocycles. The van der Waals surface area contributed by atoms with Crippen LogP contribution in [-0.2, 0) is 47.2 Å². The Kier molecular flexibility index (Phi) is 37.0.